The molecule has 0 aliphatic heterocycles. The first-order valence-corrected chi connectivity index (χ1v) is 19.8. The van der Waals surface area contributed by atoms with Gasteiger partial charge >= 0.3 is 6.09 Å². The largest absolute Gasteiger partial charge is 0.493 e. The average Bonchev–Trinajstić information content (AvgIpc) is 3.13. The maximum absolute atomic E-state index is 13.6. The molecule has 0 spiro atoms. The number of amides is 2. The first-order chi connectivity index (χ1) is 25.6. The Bertz CT molecular complexity index is 1970. The van der Waals surface area contributed by atoms with Gasteiger partial charge in [0.15, 0.2) is 0 Å². The molecule has 0 aromatic heterocycles. The summed E-state index contributed by atoms with van der Waals surface area (Å²) in [4.78, 5) is 37.2. The van der Waals surface area contributed by atoms with E-state index in [1.807, 2.05) is 22.9 Å². The molecule has 288 valence electrons. The number of alkyl carbamates (subject to hydrolysis) is 1. The lowest BCUT2D eigenvalue weighted by atomic mass is 9.81. The van der Waals surface area contributed by atoms with Crippen molar-refractivity contribution in [1.29, 1.82) is 0 Å². The number of hydrogen-bond acceptors (Lipinski definition) is 9. The van der Waals surface area contributed by atoms with E-state index in [2.05, 4.69) is 47.9 Å². The second-order valence-electron chi connectivity index (χ2n) is 15.3. The predicted octanol–water partition coefficient (Wildman–Crippen LogP) is 7.96. The van der Waals surface area contributed by atoms with Gasteiger partial charge in [0.1, 0.15) is 23.1 Å². The number of allylic oxidation sites excluding steroid dienone is 3. The molecule has 0 saturated heterocycles. The van der Waals surface area contributed by atoms with Crippen LogP contribution in [-0.4, -0.2) is 50.1 Å². The molecule has 0 bridgehead atoms. The van der Waals surface area contributed by atoms with Crippen molar-refractivity contribution < 1.29 is 32.4 Å². The summed E-state index contributed by atoms with van der Waals surface area (Å²) in [6.07, 6.45) is 11.7. The minimum atomic E-state index is -4.58. The number of carbonyl (C=O) groups is 2. The summed E-state index contributed by atoms with van der Waals surface area (Å²) in [6, 6.07) is 19.2. The predicted molar refractivity (Wildman–Crippen MR) is 209 cm³/mol. The fraction of sp³-hybridized carbons (Fsp3) is 0.415. The van der Waals surface area contributed by atoms with Gasteiger partial charge in [-0.05, 0) is 86.9 Å². The van der Waals surface area contributed by atoms with Crippen LogP contribution in [0.25, 0.3) is 5.57 Å². The molecule has 0 heterocycles. The third-order valence-corrected chi connectivity index (χ3v) is 10.9. The van der Waals surface area contributed by atoms with Crippen LogP contribution >= 0.6 is 0 Å². The molecular formula is C41H50N4O8S. The summed E-state index contributed by atoms with van der Waals surface area (Å²) in [5.74, 6) is -0.0510. The van der Waals surface area contributed by atoms with Gasteiger partial charge in [0, 0.05) is 24.4 Å². The molecule has 2 amide bonds. The van der Waals surface area contributed by atoms with Crippen molar-refractivity contribution in [3.8, 4) is 5.75 Å². The number of rotatable bonds is 14. The first-order valence-electron chi connectivity index (χ1n) is 18.3. The Morgan fingerprint density at radius 2 is 1.70 bits per heavy atom. The minimum Gasteiger partial charge on any atom is -0.493 e. The van der Waals surface area contributed by atoms with Crippen LogP contribution in [0, 0.1) is 21.4 Å². The molecule has 2 atom stereocenters. The molecule has 13 heteroatoms. The Hall–Kier alpha value is -5.17. The van der Waals surface area contributed by atoms with E-state index in [4.69, 9.17) is 9.47 Å². The highest BCUT2D eigenvalue weighted by Crippen LogP contribution is 2.34. The van der Waals surface area contributed by atoms with Crippen molar-refractivity contribution in [2.24, 2.45) is 11.3 Å². The molecule has 5 rings (SSSR count). The van der Waals surface area contributed by atoms with Gasteiger partial charge < -0.3 is 20.1 Å². The van der Waals surface area contributed by atoms with E-state index in [1.165, 1.54) is 24.1 Å². The Morgan fingerprint density at radius 1 is 1.00 bits per heavy atom. The zero-order chi connectivity index (χ0) is 38.9. The quantitative estimate of drug-likeness (QED) is 0.109. The van der Waals surface area contributed by atoms with Crippen LogP contribution in [-0.2, 0) is 26.0 Å². The fourth-order valence-corrected chi connectivity index (χ4v) is 7.51. The summed E-state index contributed by atoms with van der Waals surface area (Å²) in [7, 11) is -4.58. The van der Waals surface area contributed by atoms with E-state index < -0.39 is 49.2 Å². The molecule has 54 heavy (non-hydrogen) atoms. The van der Waals surface area contributed by atoms with Crippen molar-refractivity contribution in [2.45, 2.75) is 89.2 Å². The van der Waals surface area contributed by atoms with Gasteiger partial charge in [-0.3, -0.25) is 14.9 Å². The monoisotopic (exact) mass is 758 g/mol. The van der Waals surface area contributed by atoms with Crippen molar-refractivity contribution in [3.63, 3.8) is 0 Å². The Kier molecular flexibility index (Phi) is 12.8. The molecule has 3 N–H and O–H groups in total. The zero-order valence-corrected chi connectivity index (χ0v) is 32.1. The number of ether oxygens (including phenoxy) is 2. The normalized spacial score (nSPS) is 18.2. The average molecular weight is 759 g/mol. The third-order valence-electron chi connectivity index (χ3n) is 9.52. The number of sulfonamides is 1. The molecule has 3 aromatic carbocycles. The lowest BCUT2D eigenvalue weighted by Crippen LogP contribution is -2.50. The van der Waals surface area contributed by atoms with Crippen LogP contribution < -0.4 is 20.1 Å². The van der Waals surface area contributed by atoms with E-state index in [1.54, 1.807) is 45.0 Å². The molecule has 0 radical (unpaired) electrons. The number of nitrogens with zero attached hydrogens (tertiary/aromatic N) is 1. The number of carbonyl (C=O) groups excluding carboxylic acids is 2. The lowest BCUT2D eigenvalue weighted by Gasteiger charge is -2.28. The van der Waals surface area contributed by atoms with Gasteiger partial charge in [-0.1, -0.05) is 86.9 Å². The summed E-state index contributed by atoms with van der Waals surface area (Å²) >= 11 is 0. The highest BCUT2D eigenvalue weighted by atomic mass is 32.2. The maximum atomic E-state index is 13.6. The standard InChI is InChI=1S/C41H50N4O8S/c1-40(2,3)53-39(47)43-36(25-29-15-17-33(18-16-29)52-28-41(4)23-21-32(22-24-41)31-13-9-6-10-14-31)38(46)44-54(50,51)34-19-20-35(37(26-34)45(48)49)42-27-30-11-7-5-8-12-30/h6,9-10,13-23,26,30,36,42H,5,7-8,11-12,24-25,27-28H2,1-4H3,(H,43,47)(H,44,46). The number of nitro groups is 1. The van der Waals surface area contributed by atoms with Gasteiger partial charge in [-0.15, -0.1) is 0 Å². The second kappa shape index (κ2) is 17.3. The summed E-state index contributed by atoms with van der Waals surface area (Å²) in [6.45, 7) is 8.07. The first kappa shape index (κ1) is 40.0. The van der Waals surface area contributed by atoms with Crippen LogP contribution in [0.1, 0.15) is 77.3 Å². The van der Waals surface area contributed by atoms with Crippen LogP contribution in [0.4, 0.5) is 16.2 Å². The molecule has 12 nitrogen and oxygen atoms in total. The number of nitro benzene ring substituents is 1. The lowest BCUT2D eigenvalue weighted by molar-refractivity contribution is -0.384. The highest BCUT2D eigenvalue weighted by molar-refractivity contribution is 7.90. The number of nitrogens with one attached hydrogen (secondary N) is 3. The van der Waals surface area contributed by atoms with Crippen LogP contribution in [0.5, 0.6) is 5.75 Å². The highest BCUT2D eigenvalue weighted by Gasteiger charge is 2.30. The molecule has 2 unspecified atom stereocenters. The van der Waals surface area contributed by atoms with E-state index in [0.29, 0.717) is 30.4 Å². The van der Waals surface area contributed by atoms with E-state index >= 15 is 0 Å². The summed E-state index contributed by atoms with van der Waals surface area (Å²) in [5.41, 5.74) is 1.62. The van der Waals surface area contributed by atoms with Crippen LogP contribution in [0.3, 0.4) is 0 Å². The third kappa shape index (κ3) is 11.4. The number of hydrogen-bond donors (Lipinski definition) is 3. The van der Waals surface area contributed by atoms with Crippen molar-refractivity contribution in [1.82, 2.24) is 10.0 Å². The van der Waals surface area contributed by atoms with Crippen molar-refractivity contribution in [3.05, 3.63) is 112 Å². The van der Waals surface area contributed by atoms with Crippen LogP contribution in [0.15, 0.2) is 95.9 Å². The van der Waals surface area contributed by atoms with Crippen LogP contribution in [0.2, 0.25) is 0 Å². The molecule has 1 fully saturated rings. The SMILES string of the molecule is CC1(COc2ccc(CC(NC(=O)OC(C)(C)C)C(=O)NS(=O)(=O)c3ccc(NCC4CCCCC4)c([N+](=O)[O-])c3)cc2)C=CC(c2ccccc2)=CC1. The van der Waals surface area contributed by atoms with E-state index in [9.17, 15) is 28.1 Å². The molecule has 2 aliphatic carbocycles. The van der Waals surface area contributed by atoms with Gasteiger partial charge in [0.25, 0.3) is 21.6 Å². The van der Waals surface area contributed by atoms with Crippen molar-refractivity contribution in [2.75, 3.05) is 18.5 Å². The van der Waals surface area contributed by atoms with Gasteiger partial charge in [-0.25, -0.2) is 17.9 Å². The molecular weight excluding hydrogens is 709 g/mol. The van der Waals surface area contributed by atoms with Crippen molar-refractivity contribution >= 4 is 39.0 Å². The van der Waals surface area contributed by atoms with E-state index in [-0.39, 0.29) is 17.5 Å². The minimum absolute atomic E-state index is 0.0848. The molecule has 1 saturated carbocycles. The zero-order valence-electron chi connectivity index (χ0n) is 31.3. The Morgan fingerprint density at radius 3 is 2.33 bits per heavy atom. The summed E-state index contributed by atoms with van der Waals surface area (Å²) < 4.78 is 40.3. The number of anilines is 1. The topological polar surface area (TPSA) is 166 Å². The number of benzene rings is 3. The maximum Gasteiger partial charge on any atom is 0.408 e. The molecule has 2 aliphatic rings. The second-order valence-corrected chi connectivity index (χ2v) is 17.0. The van der Waals surface area contributed by atoms with Gasteiger partial charge in [-0.2, -0.15) is 0 Å². The Balaban J connectivity index is 1.25. The summed E-state index contributed by atoms with van der Waals surface area (Å²) in [5, 5.41) is 17.5. The van der Waals surface area contributed by atoms with Gasteiger partial charge in [0.05, 0.1) is 16.4 Å². The Labute approximate surface area is 317 Å². The fourth-order valence-electron chi connectivity index (χ4n) is 6.47. The smallest absolute Gasteiger partial charge is 0.408 e. The molecule has 3 aromatic rings. The van der Waals surface area contributed by atoms with E-state index in [0.717, 1.165) is 43.7 Å². The van der Waals surface area contributed by atoms with Gasteiger partial charge in [0.2, 0.25) is 0 Å².